The molecule has 0 aromatic rings. The fourth-order valence-corrected chi connectivity index (χ4v) is 2.31. The summed E-state index contributed by atoms with van der Waals surface area (Å²) in [6.45, 7) is 7.72. The number of likely N-dealkylation sites (N-methyl/N-ethyl adjacent to an activating group) is 1. The minimum atomic E-state index is 0.665. The van der Waals surface area contributed by atoms with Gasteiger partial charge in [0.2, 0.25) is 0 Å². The van der Waals surface area contributed by atoms with Crippen LogP contribution in [0, 0.1) is 5.92 Å². The van der Waals surface area contributed by atoms with E-state index in [1.807, 2.05) is 0 Å². The van der Waals surface area contributed by atoms with Crippen LogP contribution < -0.4 is 5.73 Å². The second kappa shape index (κ2) is 5.61. The molecule has 13 heavy (non-hydrogen) atoms. The molecule has 0 bridgehead atoms. The summed E-state index contributed by atoms with van der Waals surface area (Å²) in [5.74, 6) is 0.900. The van der Waals surface area contributed by atoms with Crippen LogP contribution in [0.4, 0.5) is 0 Å². The topological polar surface area (TPSA) is 29.3 Å². The average molecular weight is 184 g/mol. The minimum Gasteiger partial charge on any atom is -0.329 e. The number of nitrogens with two attached hydrogens (primary N) is 1. The molecule has 0 spiro atoms. The highest BCUT2D eigenvalue weighted by molar-refractivity contribution is 4.85. The summed E-state index contributed by atoms with van der Waals surface area (Å²) in [6, 6.07) is 0.665. The molecule has 0 radical (unpaired) electrons. The van der Waals surface area contributed by atoms with Crippen LogP contribution in [0.1, 0.15) is 39.5 Å². The van der Waals surface area contributed by atoms with E-state index in [-0.39, 0.29) is 0 Å². The maximum absolute atomic E-state index is 5.85. The summed E-state index contributed by atoms with van der Waals surface area (Å²) in [4.78, 5) is 2.56. The summed E-state index contributed by atoms with van der Waals surface area (Å²) in [5.41, 5.74) is 5.85. The van der Waals surface area contributed by atoms with Gasteiger partial charge in [-0.2, -0.15) is 0 Å². The highest BCUT2D eigenvalue weighted by Gasteiger charge is 2.29. The van der Waals surface area contributed by atoms with Gasteiger partial charge in [0.1, 0.15) is 0 Å². The SMILES string of the molecule is CCCN(CC)C(CN)C1CCC1. The maximum Gasteiger partial charge on any atom is 0.0246 e. The Kier molecular flexibility index (Phi) is 4.74. The zero-order valence-electron chi connectivity index (χ0n) is 9.13. The summed E-state index contributed by atoms with van der Waals surface area (Å²) >= 11 is 0. The van der Waals surface area contributed by atoms with Crippen LogP contribution in [0.5, 0.6) is 0 Å². The van der Waals surface area contributed by atoms with Crippen LogP contribution in [0.3, 0.4) is 0 Å². The number of hydrogen-bond donors (Lipinski definition) is 1. The molecule has 1 fully saturated rings. The Bertz CT molecular complexity index is 132. The molecule has 78 valence electrons. The lowest BCUT2D eigenvalue weighted by atomic mass is 9.79. The Balaban J connectivity index is 2.40. The molecule has 2 heteroatoms. The molecule has 1 aliphatic carbocycles. The Hall–Kier alpha value is -0.0800. The molecule has 0 amide bonds. The van der Waals surface area contributed by atoms with Crippen molar-refractivity contribution in [3.8, 4) is 0 Å². The van der Waals surface area contributed by atoms with Crippen molar-refractivity contribution >= 4 is 0 Å². The fourth-order valence-electron chi connectivity index (χ4n) is 2.31. The van der Waals surface area contributed by atoms with Gasteiger partial charge in [0, 0.05) is 12.6 Å². The fraction of sp³-hybridized carbons (Fsp3) is 1.00. The normalized spacial score (nSPS) is 20.3. The first-order valence-corrected chi connectivity index (χ1v) is 5.77. The Morgan fingerprint density at radius 2 is 2.08 bits per heavy atom. The summed E-state index contributed by atoms with van der Waals surface area (Å²) in [7, 11) is 0. The molecule has 1 aliphatic rings. The third kappa shape index (κ3) is 2.68. The van der Waals surface area contributed by atoms with Gasteiger partial charge in [-0.3, -0.25) is 4.90 Å². The van der Waals surface area contributed by atoms with E-state index in [1.54, 1.807) is 0 Å². The highest BCUT2D eigenvalue weighted by Crippen LogP contribution is 2.31. The second-order valence-electron chi connectivity index (χ2n) is 4.12. The molecule has 0 aliphatic heterocycles. The second-order valence-corrected chi connectivity index (χ2v) is 4.12. The van der Waals surface area contributed by atoms with Gasteiger partial charge in [0.25, 0.3) is 0 Å². The lowest BCUT2D eigenvalue weighted by Gasteiger charge is -2.40. The van der Waals surface area contributed by atoms with Crippen LogP contribution >= 0.6 is 0 Å². The molecule has 1 atom stereocenters. The largest absolute Gasteiger partial charge is 0.329 e. The van der Waals surface area contributed by atoms with E-state index in [0.717, 1.165) is 19.0 Å². The van der Waals surface area contributed by atoms with Crippen molar-refractivity contribution in [1.82, 2.24) is 4.90 Å². The summed E-state index contributed by atoms with van der Waals surface area (Å²) in [5, 5.41) is 0. The standard InChI is InChI=1S/C11H24N2/c1-3-8-13(4-2)11(9-12)10-6-5-7-10/h10-11H,3-9,12H2,1-2H3. The van der Waals surface area contributed by atoms with Gasteiger partial charge in [-0.1, -0.05) is 20.3 Å². The summed E-state index contributed by atoms with van der Waals surface area (Å²) < 4.78 is 0. The monoisotopic (exact) mass is 184 g/mol. The molecule has 1 rings (SSSR count). The van der Waals surface area contributed by atoms with Gasteiger partial charge in [0.15, 0.2) is 0 Å². The van der Waals surface area contributed by atoms with Crippen molar-refractivity contribution in [3.05, 3.63) is 0 Å². The first kappa shape index (κ1) is 11.0. The molecule has 0 heterocycles. The van der Waals surface area contributed by atoms with Gasteiger partial charge in [0.05, 0.1) is 0 Å². The van der Waals surface area contributed by atoms with E-state index in [4.69, 9.17) is 5.73 Å². The number of nitrogens with zero attached hydrogens (tertiary/aromatic N) is 1. The van der Waals surface area contributed by atoms with Crippen molar-refractivity contribution in [3.63, 3.8) is 0 Å². The van der Waals surface area contributed by atoms with Crippen LogP contribution in [-0.2, 0) is 0 Å². The Labute approximate surface area is 82.5 Å². The van der Waals surface area contributed by atoms with E-state index in [0.29, 0.717) is 6.04 Å². The Morgan fingerprint density at radius 3 is 2.38 bits per heavy atom. The molecule has 1 unspecified atom stereocenters. The van der Waals surface area contributed by atoms with E-state index < -0.39 is 0 Å². The van der Waals surface area contributed by atoms with Gasteiger partial charge >= 0.3 is 0 Å². The molecular weight excluding hydrogens is 160 g/mol. The third-order valence-corrected chi connectivity index (χ3v) is 3.32. The summed E-state index contributed by atoms with van der Waals surface area (Å²) in [6.07, 6.45) is 5.48. The lowest BCUT2D eigenvalue weighted by molar-refractivity contribution is 0.105. The van der Waals surface area contributed by atoms with E-state index in [9.17, 15) is 0 Å². The third-order valence-electron chi connectivity index (χ3n) is 3.32. The number of rotatable bonds is 6. The molecule has 0 saturated heterocycles. The minimum absolute atomic E-state index is 0.665. The smallest absolute Gasteiger partial charge is 0.0246 e. The van der Waals surface area contributed by atoms with Crippen molar-refractivity contribution in [2.75, 3.05) is 19.6 Å². The van der Waals surface area contributed by atoms with Crippen LogP contribution in [-0.4, -0.2) is 30.6 Å². The van der Waals surface area contributed by atoms with Crippen molar-refractivity contribution in [2.45, 2.75) is 45.6 Å². The van der Waals surface area contributed by atoms with Crippen LogP contribution in [0.2, 0.25) is 0 Å². The zero-order chi connectivity index (χ0) is 9.68. The molecule has 0 aromatic carbocycles. The Morgan fingerprint density at radius 1 is 1.38 bits per heavy atom. The van der Waals surface area contributed by atoms with Crippen molar-refractivity contribution in [1.29, 1.82) is 0 Å². The van der Waals surface area contributed by atoms with E-state index in [2.05, 4.69) is 18.7 Å². The van der Waals surface area contributed by atoms with Crippen molar-refractivity contribution in [2.24, 2.45) is 11.7 Å². The highest BCUT2D eigenvalue weighted by atomic mass is 15.2. The quantitative estimate of drug-likeness (QED) is 0.682. The average Bonchev–Trinajstić information content (AvgIpc) is 2.07. The lowest BCUT2D eigenvalue weighted by Crippen LogP contribution is -2.47. The van der Waals surface area contributed by atoms with Gasteiger partial charge < -0.3 is 5.73 Å². The van der Waals surface area contributed by atoms with Gasteiger partial charge in [-0.25, -0.2) is 0 Å². The first-order chi connectivity index (χ1) is 6.33. The molecular formula is C11H24N2. The maximum atomic E-state index is 5.85. The molecule has 2 nitrogen and oxygen atoms in total. The van der Waals surface area contributed by atoms with Crippen LogP contribution in [0.25, 0.3) is 0 Å². The van der Waals surface area contributed by atoms with Crippen molar-refractivity contribution < 1.29 is 0 Å². The molecule has 1 saturated carbocycles. The molecule has 0 aromatic heterocycles. The van der Waals surface area contributed by atoms with Gasteiger partial charge in [-0.05, 0) is 38.3 Å². The van der Waals surface area contributed by atoms with Gasteiger partial charge in [-0.15, -0.1) is 0 Å². The number of hydrogen-bond acceptors (Lipinski definition) is 2. The van der Waals surface area contributed by atoms with E-state index in [1.165, 1.54) is 32.2 Å². The molecule has 2 N–H and O–H groups in total. The first-order valence-electron chi connectivity index (χ1n) is 5.77. The van der Waals surface area contributed by atoms with Crippen LogP contribution in [0.15, 0.2) is 0 Å². The predicted molar refractivity (Wildman–Crippen MR) is 57.7 cm³/mol. The zero-order valence-corrected chi connectivity index (χ0v) is 9.13. The predicted octanol–water partition coefficient (Wildman–Crippen LogP) is 1.85. The van der Waals surface area contributed by atoms with E-state index >= 15 is 0 Å².